The summed E-state index contributed by atoms with van der Waals surface area (Å²) in [5.41, 5.74) is 36.7. The first-order valence-corrected chi connectivity index (χ1v) is 34.5. The van der Waals surface area contributed by atoms with Crippen molar-refractivity contribution in [2.45, 2.75) is 258 Å². The highest BCUT2D eigenvalue weighted by molar-refractivity contribution is 5.87. The van der Waals surface area contributed by atoms with Crippen LogP contribution in [0.3, 0.4) is 0 Å². The first kappa shape index (κ1) is 106. The van der Waals surface area contributed by atoms with Gasteiger partial charge in [0.05, 0.1) is 12.1 Å². The highest BCUT2D eigenvalue weighted by Crippen LogP contribution is 2.14. The molecule has 0 aliphatic carbocycles. The van der Waals surface area contributed by atoms with Crippen LogP contribution in [0.2, 0.25) is 0 Å². The van der Waals surface area contributed by atoms with Gasteiger partial charge in [0.25, 0.3) is 0 Å². The van der Waals surface area contributed by atoms with Crippen molar-refractivity contribution in [2.75, 3.05) is 91.6 Å². The zero-order valence-corrected chi connectivity index (χ0v) is 65.9. The van der Waals surface area contributed by atoms with Crippen molar-refractivity contribution in [3.8, 4) is 0 Å². The lowest BCUT2D eigenvalue weighted by Gasteiger charge is -2.26. The maximum Gasteiger partial charge on any atom is 0.408 e. The minimum atomic E-state index is -0.983. The van der Waals surface area contributed by atoms with Gasteiger partial charge in [-0.2, -0.15) is 0 Å². The number of nitrogens with one attached hydrogen (secondary N) is 8. The molecule has 10 amide bonds. The maximum atomic E-state index is 13.5. The molecule has 16 N–H and O–H groups in total. The fourth-order valence-electron chi connectivity index (χ4n) is 8.84. The molecule has 102 heavy (non-hydrogen) atoms. The van der Waals surface area contributed by atoms with E-state index >= 15 is 0 Å². The summed E-state index contributed by atoms with van der Waals surface area (Å²) in [7, 11) is 0. The fourth-order valence-corrected chi connectivity index (χ4v) is 8.84. The molecule has 0 heterocycles. The summed E-state index contributed by atoms with van der Waals surface area (Å²) in [6.45, 7) is 24.5. The van der Waals surface area contributed by atoms with E-state index in [0.717, 1.165) is 32.1 Å². The van der Waals surface area contributed by atoms with Crippen LogP contribution in [0, 0.1) is 0 Å². The number of rotatable bonds is 48. The molecule has 0 saturated carbocycles. The fraction of sp³-hybridized carbons (Fsp3) is 0.844. The van der Waals surface area contributed by atoms with Gasteiger partial charge in [0.15, 0.2) is 0 Å². The number of halogens is 4. The van der Waals surface area contributed by atoms with Crippen LogP contribution in [0.4, 0.5) is 19.2 Å². The van der Waals surface area contributed by atoms with E-state index in [2.05, 4.69) is 62.6 Å². The van der Waals surface area contributed by atoms with E-state index in [0.29, 0.717) is 129 Å². The maximum absolute atomic E-state index is 13.5. The van der Waals surface area contributed by atoms with E-state index in [4.69, 9.17) is 52.9 Å². The number of carbonyl (C=O) groups is 10. The number of ether oxygens (including phenoxy) is 4. The molecule has 0 bridgehead atoms. The van der Waals surface area contributed by atoms with Gasteiger partial charge >= 0.3 is 24.4 Å². The van der Waals surface area contributed by atoms with Crippen molar-refractivity contribution in [2.24, 2.45) is 33.2 Å². The zero-order chi connectivity index (χ0) is 74.6. The molecule has 0 fully saturated rings. The molecule has 0 aromatic rings. The van der Waals surface area contributed by atoms with E-state index < -0.39 is 82.8 Å². The summed E-state index contributed by atoms with van der Waals surface area (Å²) >= 11 is 0. The Labute approximate surface area is 629 Å². The quantitative estimate of drug-likeness (QED) is 0.00916. The summed E-state index contributed by atoms with van der Waals surface area (Å²) < 4.78 is 21.3. The number of alkyl carbamates (subject to hydrolysis) is 4. The smallest absolute Gasteiger partial charge is 0.408 e. The molecular formula is C64H128Cl4N20O14. The SMILES string of the molecule is CC(C)(C)OC(=O)NCCCC[C@H](NC(=O)OC(C)(C)C)C(=O)NCCN(CCNC(=O)[C@H](CCCCNC(=O)OC(C)(C)C)NC(=O)OC(C)(C)C)C(=O)CCCCCN=[N+]=[N-].Cl.Cl.Cl.Cl.[N-]=[N+]=NCCCCCC(=O)N(CCNC(=O)[C@@H](N)CCCCN)CCNC(=O)[C@@H](N)CCCCN. The normalized spacial score (nSPS) is 12.0. The van der Waals surface area contributed by atoms with Crippen molar-refractivity contribution in [3.05, 3.63) is 20.9 Å². The van der Waals surface area contributed by atoms with Crippen LogP contribution in [0.25, 0.3) is 20.9 Å². The molecule has 0 aromatic carbocycles. The molecule has 38 heteroatoms. The van der Waals surface area contributed by atoms with Gasteiger partial charge in [0.2, 0.25) is 35.4 Å². The van der Waals surface area contributed by atoms with Crippen molar-refractivity contribution >= 4 is 109 Å². The molecule has 34 nitrogen and oxygen atoms in total. The average molecular weight is 1540 g/mol. The highest BCUT2D eigenvalue weighted by Gasteiger charge is 2.28. The van der Waals surface area contributed by atoms with Gasteiger partial charge < -0.3 is 94.2 Å². The highest BCUT2D eigenvalue weighted by atomic mass is 35.5. The lowest BCUT2D eigenvalue weighted by atomic mass is 10.1. The lowest BCUT2D eigenvalue weighted by Crippen LogP contribution is -2.51. The molecule has 0 radical (unpaired) electrons. The van der Waals surface area contributed by atoms with Gasteiger partial charge in [0, 0.05) is 101 Å². The Bertz CT molecular complexity index is 2340. The second-order valence-electron chi connectivity index (χ2n) is 27.5. The first-order valence-electron chi connectivity index (χ1n) is 34.5. The Balaban J connectivity index is -0.000000503. The number of nitrogens with two attached hydrogens (primary N) is 4. The number of unbranched alkanes of at least 4 members (excludes halogenated alkanes) is 8. The van der Waals surface area contributed by atoms with Crippen LogP contribution in [0.1, 0.15) is 212 Å². The van der Waals surface area contributed by atoms with E-state index in [-0.39, 0.29) is 132 Å². The molecule has 0 unspecified atom stereocenters. The van der Waals surface area contributed by atoms with Crippen molar-refractivity contribution in [3.63, 3.8) is 0 Å². The largest absolute Gasteiger partial charge is 0.444 e. The summed E-state index contributed by atoms with van der Waals surface area (Å²) in [5, 5.41) is 28.7. The third-order valence-corrected chi connectivity index (χ3v) is 13.7. The van der Waals surface area contributed by atoms with Crippen LogP contribution in [0.5, 0.6) is 0 Å². The second kappa shape index (κ2) is 61.9. The molecule has 0 aliphatic rings. The Kier molecular flexibility index (Phi) is 64.7. The molecular weight excluding hydrogens is 1410 g/mol. The molecule has 0 saturated heterocycles. The number of carbonyl (C=O) groups excluding carboxylic acids is 10. The van der Waals surface area contributed by atoms with Crippen LogP contribution in [0.15, 0.2) is 10.2 Å². The summed E-state index contributed by atoms with van der Waals surface area (Å²) in [6.07, 6.45) is 8.38. The molecule has 0 aromatic heterocycles. The molecule has 0 aliphatic heterocycles. The van der Waals surface area contributed by atoms with Crippen LogP contribution < -0.4 is 65.5 Å². The summed E-state index contributed by atoms with van der Waals surface area (Å²) in [4.78, 5) is 135. The predicted octanol–water partition coefficient (Wildman–Crippen LogP) is 7.61. The summed E-state index contributed by atoms with van der Waals surface area (Å²) in [6, 6.07) is -3.18. The second-order valence-corrected chi connectivity index (χ2v) is 27.5. The number of hydrogen-bond acceptors (Lipinski definition) is 20. The van der Waals surface area contributed by atoms with Crippen LogP contribution in [-0.2, 0) is 47.7 Å². The lowest BCUT2D eigenvalue weighted by molar-refractivity contribution is -0.132. The standard InChI is InChI=1S/C42H78N10O11.C22H46N10O3.4ClH/c1-39(2,3)60-35(56)46-23-18-15-20-30(49-37(58)62-41(7,8)9)33(54)44-26-28-52(32(53)22-14-13-17-25-48-51-43)29-27-45-34(55)31(50-38(59)63-42(10,11)12)21-16-19-24-47-36(57)61-40(4,5)6;23-11-5-3-8-18(25)21(34)28-14-16-32(20(33)10-2-1-7-13-30-31-27)17-15-29-22(35)19(26)9-4-6-12-24;;;;/h30-31H,13-29H2,1-12H3,(H,44,54)(H,45,55)(H,46,56)(H,47,57)(H,49,58)(H,50,59);18-19H,1-17,23-26H2,(H,28,34)(H,29,35);4*1H/t30-,31-;18-,19-;;;;/m00..../s1. The van der Waals surface area contributed by atoms with Crippen molar-refractivity contribution in [1.29, 1.82) is 0 Å². The minimum absolute atomic E-state index is 0. The number of amides is 10. The van der Waals surface area contributed by atoms with E-state index in [9.17, 15) is 47.9 Å². The molecule has 4 atom stereocenters. The van der Waals surface area contributed by atoms with Gasteiger partial charge in [-0.25, -0.2) is 19.2 Å². The van der Waals surface area contributed by atoms with Crippen molar-refractivity contribution in [1.82, 2.24) is 52.3 Å². The van der Waals surface area contributed by atoms with Gasteiger partial charge in [0.1, 0.15) is 34.5 Å². The number of azide groups is 2. The van der Waals surface area contributed by atoms with E-state index in [1.54, 1.807) is 88.0 Å². The molecule has 0 spiro atoms. The Morgan fingerprint density at radius 3 is 0.941 bits per heavy atom. The van der Waals surface area contributed by atoms with Crippen LogP contribution >= 0.6 is 49.6 Å². The molecule has 0 rings (SSSR count). The third kappa shape index (κ3) is 64.4. The molecule has 596 valence electrons. The zero-order valence-electron chi connectivity index (χ0n) is 62.6. The minimum Gasteiger partial charge on any atom is -0.444 e. The third-order valence-electron chi connectivity index (χ3n) is 13.7. The topological polar surface area (TPSA) is 512 Å². The van der Waals surface area contributed by atoms with Gasteiger partial charge in [-0.05, 0) is 197 Å². The Morgan fingerprint density at radius 2 is 0.657 bits per heavy atom. The number of nitrogens with zero attached hydrogens (tertiary/aromatic N) is 8. The average Bonchev–Trinajstić information content (AvgIpc) is 0.904. The predicted molar refractivity (Wildman–Crippen MR) is 403 cm³/mol. The summed E-state index contributed by atoms with van der Waals surface area (Å²) in [5.74, 6) is -1.83. The van der Waals surface area contributed by atoms with Gasteiger partial charge in [-0.1, -0.05) is 35.9 Å². The van der Waals surface area contributed by atoms with Gasteiger partial charge in [-0.3, -0.25) is 28.8 Å². The number of hydrogen-bond donors (Lipinski definition) is 12. The first-order chi connectivity index (χ1) is 46.0. The van der Waals surface area contributed by atoms with Crippen LogP contribution in [-0.4, -0.2) is 208 Å². The Hall–Kier alpha value is -6.48. The van der Waals surface area contributed by atoms with Gasteiger partial charge in [-0.15, -0.1) is 49.6 Å². The monoisotopic (exact) mass is 1540 g/mol. The van der Waals surface area contributed by atoms with E-state index in [1.807, 2.05) is 0 Å². The Morgan fingerprint density at radius 1 is 0.373 bits per heavy atom. The van der Waals surface area contributed by atoms with E-state index in [1.165, 1.54) is 4.90 Å². The van der Waals surface area contributed by atoms with Crippen molar-refractivity contribution < 1.29 is 66.9 Å².